The maximum atomic E-state index is 3.62. The zero-order valence-electron chi connectivity index (χ0n) is 9.69. The van der Waals surface area contributed by atoms with Gasteiger partial charge in [-0.15, -0.1) is 0 Å². The molecular formula is C13H17Br2N. The Morgan fingerprint density at radius 1 is 1.38 bits per heavy atom. The van der Waals surface area contributed by atoms with Gasteiger partial charge in [0.25, 0.3) is 0 Å². The van der Waals surface area contributed by atoms with Crippen LogP contribution in [0.25, 0.3) is 0 Å². The van der Waals surface area contributed by atoms with Gasteiger partial charge in [-0.25, -0.2) is 0 Å². The number of benzene rings is 1. The Morgan fingerprint density at radius 2 is 2.06 bits per heavy atom. The van der Waals surface area contributed by atoms with Crippen molar-refractivity contribution in [3.63, 3.8) is 0 Å². The molecule has 1 nitrogen and oxygen atoms in total. The molecule has 1 saturated carbocycles. The molecule has 1 aromatic rings. The molecule has 1 aromatic carbocycles. The number of nitrogens with one attached hydrogen (secondary N) is 1. The van der Waals surface area contributed by atoms with Crippen molar-refractivity contribution >= 4 is 31.9 Å². The van der Waals surface area contributed by atoms with E-state index >= 15 is 0 Å². The zero-order chi connectivity index (χ0) is 11.8. The summed E-state index contributed by atoms with van der Waals surface area (Å²) in [7, 11) is 0. The SMILES string of the molecule is CC(NCC1(C)CC1)c1ccc(Br)cc1Br. The first-order chi connectivity index (χ1) is 7.50. The quantitative estimate of drug-likeness (QED) is 0.835. The maximum Gasteiger partial charge on any atom is 0.0303 e. The van der Waals surface area contributed by atoms with Gasteiger partial charge in [0, 0.05) is 21.5 Å². The lowest BCUT2D eigenvalue weighted by Gasteiger charge is -2.18. The third-order valence-electron chi connectivity index (χ3n) is 3.37. The summed E-state index contributed by atoms with van der Waals surface area (Å²) in [6.07, 6.45) is 2.74. The van der Waals surface area contributed by atoms with E-state index in [2.05, 4.69) is 69.2 Å². The molecule has 88 valence electrons. The molecular weight excluding hydrogens is 330 g/mol. The monoisotopic (exact) mass is 345 g/mol. The fourth-order valence-corrected chi connectivity index (χ4v) is 3.14. The van der Waals surface area contributed by atoms with Crippen molar-refractivity contribution in [3.8, 4) is 0 Å². The summed E-state index contributed by atoms with van der Waals surface area (Å²) in [4.78, 5) is 0. The van der Waals surface area contributed by atoms with Crippen LogP contribution in [0.15, 0.2) is 27.1 Å². The van der Waals surface area contributed by atoms with E-state index in [9.17, 15) is 0 Å². The lowest BCUT2D eigenvalue weighted by molar-refractivity contribution is 0.456. The first-order valence-corrected chi connectivity index (χ1v) is 7.27. The van der Waals surface area contributed by atoms with Crippen LogP contribution < -0.4 is 5.32 Å². The van der Waals surface area contributed by atoms with Gasteiger partial charge in [0.1, 0.15) is 0 Å². The average molecular weight is 347 g/mol. The molecule has 3 heteroatoms. The predicted octanol–water partition coefficient (Wildman–Crippen LogP) is 4.66. The molecule has 0 heterocycles. The highest BCUT2D eigenvalue weighted by Gasteiger charge is 2.36. The molecule has 0 aromatic heterocycles. The molecule has 0 radical (unpaired) electrons. The summed E-state index contributed by atoms with van der Waals surface area (Å²) in [6, 6.07) is 6.77. The topological polar surface area (TPSA) is 12.0 Å². The van der Waals surface area contributed by atoms with E-state index in [4.69, 9.17) is 0 Å². The summed E-state index contributed by atoms with van der Waals surface area (Å²) >= 11 is 7.09. The first kappa shape index (κ1) is 12.6. The first-order valence-electron chi connectivity index (χ1n) is 5.68. The van der Waals surface area contributed by atoms with Crippen molar-refractivity contribution in [1.29, 1.82) is 0 Å². The van der Waals surface area contributed by atoms with Crippen molar-refractivity contribution in [2.45, 2.75) is 32.7 Å². The molecule has 0 saturated heterocycles. The van der Waals surface area contributed by atoms with E-state index in [1.807, 2.05) is 0 Å². The van der Waals surface area contributed by atoms with Crippen LogP contribution in [0.4, 0.5) is 0 Å². The lowest BCUT2D eigenvalue weighted by atomic mass is 10.1. The summed E-state index contributed by atoms with van der Waals surface area (Å²) in [5.41, 5.74) is 1.89. The zero-order valence-corrected chi connectivity index (χ0v) is 12.9. The summed E-state index contributed by atoms with van der Waals surface area (Å²) in [5, 5.41) is 3.62. The van der Waals surface area contributed by atoms with Crippen LogP contribution in [0.3, 0.4) is 0 Å². The summed E-state index contributed by atoms with van der Waals surface area (Å²) in [6.45, 7) is 5.69. The third-order valence-corrected chi connectivity index (χ3v) is 4.55. The van der Waals surface area contributed by atoms with Crippen molar-refractivity contribution in [2.24, 2.45) is 5.41 Å². The minimum atomic E-state index is 0.403. The Labute approximate surface area is 114 Å². The molecule has 2 rings (SSSR count). The molecule has 0 spiro atoms. The highest BCUT2D eigenvalue weighted by Crippen LogP contribution is 2.44. The second kappa shape index (κ2) is 4.79. The van der Waals surface area contributed by atoms with Crippen LogP contribution in [-0.2, 0) is 0 Å². The second-order valence-corrected chi connectivity index (χ2v) is 6.85. The van der Waals surface area contributed by atoms with Crippen molar-refractivity contribution in [1.82, 2.24) is 5.32 Å². The molecule has 1 N–H and O–H groups in total. The van der Waals surface area contributed by atoms with Gasteiger partial charge in [-0.2, -0.15) is 0 Å². The average Bonchev–Trinajstić information content (AvgIpc) is 2.94. The molecule has 0 bridgehead atoms. The van der Waals surface area contributed by atoms with Crippen LogP contribution in [0.1, 0.15) is 38.3 Å². The molecule has 0 amide bonds. The Bertz CT molecular complexity index is 386. The number of halogens is 2. The Hall–Kier alpha value is 0.140. The second-order valence-electron chi connectivity index (χ2n) is 5.08. The molecule has 0 aliphatic heterocycles. The van der Waals surface area contributed by atoms with Crippen LogP contribution in [0.5, 0.6) is 0 Å². The molecule has 1 fully saturated rings. The fraction of sp³-hybridized carbons (Fsp3) is 0.538. The fourth-order valence-electron chi connectivity index (χ4n) is 1.75. The Balaban J connectivity index is 1.99. The van der Waals surface area contributed by atoms with Crippen molar-refractivity contribution in [3.05, 3.63) is 32.7 Å². The maximum absolute atomic E-state index is 3.62. The van der Waals surface area contributed by atoms with Gasteiger partial charge >= 0.3 is 0 Å². The number of rotatable bonds is 4. The largest absolute Gasteiger partial charge is 0.310 e. The van der Waals surface area contributed by atoms with Gasteiger partial charge in [-0.1, -0.05) is 44.8 Å². The predicted molar refractivity (Wildman–Crippen MR) is 75.6 cm³/mol. The van der Waals surface area contributed by atoms with E-state index in [-0.39, 0.29) is 0 Å². The van der Waals surface area contributed by atoms with E-state index in [0.717, 1.165) is 11.0 Å². The highest BCUT2D eigenvalue weighted by molar-refractivity contribution is 9.11. The van der Waals surface area contributed by atoms with Crippen LogP contribution in [0, 0.1) is 5.41 Å². The summed E-state index contributed by atoms with van der Waals surface area (Å²) < 4.78 is 2.28. The summed E-state index contributed by atoms with van der Waals surface area (Å²) in [5.74, 6) is 0. The standard InChI is InChI=1S/C13H17Br2N/c1-9(16-8-13(2)5-6-13)11-4-3-10(14)7-12(11)15/h3-4,7,9,16H,5-6,8H2,1-2H3. The molecule has 1 atom stereocenters. The molecule has 1 aliphatic rings. The van der Waals surface area contributed by atoms with Crippen LogP contribution in [-0.4, -0.2) is 6.54 Å². The van der Waals surface area contributed by atoms with Gasteiger partial charge in [0.15, 0.2) is 0 Å². The minimum Gasteiger partial charge on any atom is -0.310 e. The molecule has 1 unspecified atom stereocenters. The Kier molecular flexibility index (Phi) is 3.77. The van der Waals surface area contributed by atoms with Gasteiger partial charge in [0.2, 0.25) is 0 Å². The third kappa shape index (κ3) is 3.08. The van der Waals surface area contributed by atoms with Crippen LogP contribution >= 0.6 is 31.9 Å². The van der Waals surface area contributed by atoms with E-state index in [1.54, 1.807) is 0 Å². The molecule has 16 heavy (non-hydrogen) atoms. The lowest BCUT2D eigenvalue weighted by Crippen LogP contribution is -2.25. The Morgan fingerprint density at radius 3 is 2.62 bits per heavy atom. The number of hydrogen-bond acceptors (Lipinski definition) is 1. The smallest absolute Gasteiger partial charge is 0.0303 e. The van der Waals surface area contributed by atoms with Gasteiger partial charge in [-0.3, -0.25) is 0 Å². The molecule has 1 aliphatic carbocycles. The van der Waals surface area contributed by atoms with E-state index < -0.39 is 0 Å². The minimum absolute atomic E-state index is 0.403. The van der Waals surface area contributed by atoms with E-state index in [0.29, 0.717) is 11.5 Å². The van der Waals surface area contributed by atoms with Crippen LogP contribution in [0.2, 0.25) is 0 Å². The normalized spacial score (nSPS) is 19.5. The van der Waals surface area contributed by atoms with Gasteiger partial charge < -0.3 is 5.32 Å². The number of hydrogen-bond donors (Lipinski definition) is 1. The van der Waals surface area contributed by atoms with Gasteiger partial charge in [-0.05, 0) is 42.9 Å². The van der Waals surface area contributed by atoms with Crippen molar-refractivity contribution < 1.29 is 0 Å². The highest BCUT2D eigenvalue weighted by atomic mass is 79.9. The van der Waals surface area contributed by atoms with Gasteiger partial charge in [0.05, 0.1) is 0 Å². The van der Waals surface area contributed by atoms with E-state index in [1.165, 1.54) is 22.9 Å². The van der Waals surface area contributed by atoms with Crippen molar-refractivity contribution in [2.75, 3.05) is 6.54 Å².